The van der Waals surface area contributed by atoms with Gasteiger partial charge in [0.2, 0.25) is 0 Å². The van der Waals surface area contributed by atoms with Crippen LogP contribution in [0, 0.1) is 28.6 Å². The van der Waals surface area contributed by atoms with Crippen molar-refractivity contribution in [1.29, 1.82) is 0 Å². The standard InChI is InChI=1S/C34H62O3Si2/c1-14-19-34(35)23-24-22-25(36-38(10,11)30(2,3)4)17-20-32(24,8)27-18-21-33(9)26(29(27)34)15-16-28(33)37-39(12,13)31(5,6)7/h14,23,25-29,35H,1,15-22H2,2-13H3/t25-,26-,27-,28-,29-,32-,33-,34+/m0/s1. The summed E-state index contributed by atoms with van der Waals surface area (Å²) in [5.41, 5.74) is 0.943. The Morgan fingerprint density at radius 3 is 2.05 bits per heavy atom. The third kappa shape index (κ3) is 5.28. The summed E-state index contributed by atoms with van der Waals surface area (Å²) in [5.74, 6) is 1.28. The first-order valence-corrected chi connectivity index (χ1v) is 21.8. The van der Waals surface area contributed by atoms with Gasteiger partial charge in [-0.3, -0.25) is 0 Å². The third-order valence-electron chi connectivity index (χ3n) is 13.2. The molecule has 4 aliphatic rings. The van der Waals surface area contributed by atoms with E-state index in [1.807, 2.05) is 6.08 Å². The van der Waals surface area contributed by atoms with Gasteiger partial charge in [-0.05, 0) is 116 Å². The molecule has 0 aromatic heterocycles. The maximum Gasteiger partial charge on any atom is 0.192 e. The molecule has 0 saturated heterocycles. The van der Waals surface area contributed by atoms with Gasteiger partial charge < -0.3 is 14.0 Å². The Labute approximate surface area is 243 Å². The fraction of sp³-hybridized carbons (Fsp3) is 0.882. The van der Waals surface area contributed by atoms with Gasteiger partial charge in [-0.2, -0.15) is 0 Å². The molecule has 5 heteroatoms. The summed E-state index contributed by atoms with van der Waals surface area (Å²) in [6, 6.07) is 0. The summed E-state index contributed by atoms with van der Waals surface area (Å²) in [6.07, 6.45) is 13.5. The molecular weight excluding hydrogens is 513 g/mol. The summed E-state index contributed by atoms with van der Waals surface area (Å²) in [5, 5.41) is 13.0. The topological polar surface area (TPSA) is 38.7 Å². The van der Waals surface area contributed by atoms with E-state index in [0.29, 0.717) is 24.4 Å². The van der Waals surface area contributed by atoms with Gasteiger partial charge >= 0.3 is 0 Å². The lowest BCUT2D eigenvalue weighted by molar-refractivity contribution is -0.142. The Kier molecular flexibility index (Phi) is 8.07. The molecule has 1 N–H and O–H groups in total. The predicted molar refractivity (Wildman–Crippen MR) is 171 cm³/mol. The molecule has 0 bridgehead atoms. The molecule has 4 aliphatic carbocycles. The average molecular weight is 575 g/mol. The van der Waals surface area contributed by atoms with E-state index in [-0.39, 0.29) is 32.9 Å². The fourth-order valence-corrected chi connectivity index (χ4v) is 11.4. The lowest BCUT2D eigenvalue weighted by atomic mass is 9.44. The minimum atomic E-state index is -1.87. The Morgan fingerprint density at radius 2 is 1.49 bits per heavy atom. The second-order valence-electron chi connectivity index (χ2n) is 17.5. The van der Waals surface area contributed by atoms with Gasteiger partial charge in [0.1, 0.15) is 0 Å². The van der Waals surface area contributed by atoms with E-state index in [4.69, 9.17) is 8.85 Å². The number of hydrogen-bond acceptors (Lipinski definition) is 3. The summed E-state index contributed by atoms with van der Waals surface area (Å²) in [6.45, 7) is 32.8. The van der Waals surface area contributed by atoms with Crippen LogP contribution in [0.3, 0.4) is 0 Å². The van der Waals surface area contributed by atoms with Crippen molar-refractivity contribution >= 4 is 16.6 Å². The van der Waals surface area contributed by atoms with Gasteiger partial charge in [0.05, 0.1) is 11.7 Å². The van der Waals surface area contributed by atoms with Gasteiger partial charge in [0.15, 0.2) is 16.6 Å². The van der Waals surface area contributed by atoms with E-state index in [0.717, 1.165) is 19.3 Å². The van der Waals surface area contributed by atoms with Crippen LogP contribution in [0.5, 0.6) is 0 Å². The van der Waals surface area contributed by atoms with E-state index in [1.165, 1.54) is 31.3 Å². The van der Waals surface area contributed by atoms with E-state index in [2.05, 4.69) is 94.2 Å². The molecule has 0 aromatic rings. The first kappa shape index (κ1) is 31.7. The van der Waals surface area contributed by atoms with Crippen LogP contribution in [0.15, 0.2) is 24.3 Å². The quantitative estimate of drug-likeness (QED) is 0.253. The Balaban J connectivity index is 1.66. The number of aliphatic hydroxyl groups is 1. The molecule has 0 radical (unpaired) electrons. The van der Waals surface area contributed by atoms with Gasteiger partial charge in [-0.25, -0.2) is 0 Å². The van der Waals surface area contributed by atoms with Crippen LogP contribution in [-0.4, -0.2) is 39.6 Å². The highest BCUT2D eigenvalue weighted by molar-refractivity contribution is 6.74. The molecule has 4 rings (SSSR count). The summed E-state index contributed by atoms with van der Waals surface area (Å²) in [7, 11) is -3.72. The molecule has 0 unspecified atom stereocenters. The molecule has 0 aromatic carbocycles. The summed E-state index contributed by atoms with van der Waals surface area (Å²) < 4.78 is 14.1. The molecule has 39 heavy (non-hydrogen) atoms. The lowest BCUT2D eigenvalue weighted by Crippen LogP contribution is -2.60. The van der Waals surface area contributed by atoms with Gasteiger partial charge in [-0.15, -0.1) is 6.58 Å². The van der Waals surface area contributed by atoms with Crippen LogP contribution in [0.1, 0.15) is 107 Å². The fourth-order valence-electron chi connectivity index (χ4n) is 8.60. The first-order chi connectivity index (χ1) is 17.6. The third-order valence-corrected chi connectivity index (χ3v) is 22.2. The van der Waals surface area contributed by atoms with Crippen LogP contribution < -0.4 is 0 Å². The van der Waals surface area contributed by atoms with E-state index >= 15 is 0 Å². The van der Waals surface area contributed by atoms with Gasteiger partial charge in [0.25, 0.3) is 0 Å². The minimum absolute atomic E-state index is 0.135. The monoisotopic (exact) mass is 574 g/mol. The van der Waals surface area contributed by atoms with Crippen LogP contribution >= 0.6 is 0 Å². The largest absolute Gasteiger partial charge is 0.414 e. The maximum atomic E-state index is 12.6. The van der Waals surface area contributed by atoms with Crippen molar-refractivity contribution in [1.82, 2.24) is 0 Å². The van der Waals surface area contributed by atoms with E-state index < -0.39 is 22.2 Å². The Bertz CT molecular complexity index is 972. The molecule has 0 heterocycles. The van der Waals surface area contributed by atoms with Gasteiger partial charge in [-0.1, -0.05) is 73.1 Å². The average Bonchev–Trinajstić information content (AvgIpc) is 3.09. The second kappa shape index (κ2) is 9.93. The zero-order chi connectivity index (χ0) is 29.4. The van der Waals surface area contributed by atoms with Crippen LogP contribution in [0.25, 0.3) is 0 Å². The predicted octanol–water partition coefficient (Wildman–Crippen LogP) is 9.65. The number of fused-ring (bicyclic) bond motifs is 5. The van der Waals surface area contributed by atoms with Crippen molar-refractivity contribution in [2.75, 3.05) is 0 Å². The van der Waals surface area contributed by atoms with E-state index in [1.54, 1.807) is 0 Å². The minimum Gasteiger partial charge on any atom is -0.414 e. The smallest absolute Gasteiger partial charge is 0.192 e. The van der Waals surface area contributed by atoms with Crippen molar-refractivity contribution < 1.29 is 14.0 Å². The summed E-state index contributed by atoms with van der Waals surface area (Å²) >= 11 is 0. The van der Waals surface area contributed by atoms with Crippen LogP contribution in [-0.2, 0) is 8.85 Å². The SMILES string of the molecule is C=CC[C@@]1(O)C=C2C[C@@H](O[Si](C)(C)C(C)(C)C)CC[C@]2(C)[C@H]2CC[C@]3(C)[C@@H](O[Si](C)(C)C(C)(C)C)CC[C@H]3[C@@H]21. The molecule has 3 saturated carbocycles. The number of rotatable bonds is 6. The van der Waals surface area contributed by atoms with Crippen molar-refractivity contribution in [3.63, 3.8) is 0 Å². The molecule has 3 fully saturated rings. The highest BCUT2D eigenvalue weighted by atomic mass is 28.4. The first-order valence-electron chi connectivity index (χ1n) is 16.0. The molecular formula is C34H62O3Si2. The molecule has 0 amide bonds. The molecule has 8 atom stereocenters. The number of hydrogen-bond donors (Lipinski definition) is 1. The van der Waals surface area contributed by atoms with Crippen molar-refractivity contribution in [2.45, 2.75) is 161 Å². The van der Waals surface area contributed by atoms with Crippen molar-refractivity contribution in [2.24, 2.45) is 28.6 Å². The second-order valence-corrected chi connectivity index (χ2v) is 27.1. The molecule has 224 valence electrons. The molecule has 0 aliphatic heterocycles. The Hall–Kier alpha value is -0.206. The highest BCUT2D eigenvalue weighted by Crippen LogP contribution is 2.68. The van der Waals surface area contributed by atoms with Gasteiger partial charge in [0, 0.05) is 6.10 Å². The summed E-state index contributed by atoms with van der Waals surface area (Å²) in [4.78, 5) is 0. The van der Waals surface area contributed by atoms with E-state index in [9.17, 15) is 5.11 Å². The van der Waals surface area contributed by atoms with Crippen LogP contribution in [0.4, 0.5) is 0 Å². The normalized spacial score (nSPS) is 41.4. The molecule has 3 nitrogen and oxygen atoms in total. The van der Waals surface area contributed by atoms with Crippen molar-refractivity contribution in [3.8, 4) is 0 Å². The maximum absolute atomic E-state index is 12.6. The zero-order valence-electron chi connectivity index (χ0n) is 27.7. The van der Waals surface area contributed by atoms with Crippen LogP contribution in [0.2, 0.25) is 36.3 Å². The zero-order valence-corrected chi connectivity index (χ0v) is 29.7. The lowest BCUT2D eigenvalue weighted by Gasteiger charge is -2.62. The highest BCUT2D eigenvalue weighted by Gasteiger charge is 2.65. The Morgan fingerprint density at radius 1 is 0.897 bits per heavy atom. The van der Waals surface area contributed by atoms with Crippen molar-refractivity contribution in [3.05, 3.63) is 24.3 Å². The molecule has 0 spiro atoms.